The molecule has 2 heterocycles. The summed E-state index contributed by atoms with van der Waals surface area (Å²) >= 11 is 0. The minimum atomic E-state index is 0.248. The van der Waals surface area contributed by atoms with Crippen molar-refractivity contribution < 1.29 is 13.9 Å². The van der Waals surface area contributed by atoms with Gasteiger partial charge in [0.25, 0.3) is 0 Å². The van der Waals surface area contributed by atoms with Crippen LogP contribution in [0.15, 0.2) is 10.7 Å². The van der Waals surface area contributed by atoms with Crippen molar-refractivity contribution in [1.29, 1.82) is 0 Å². The van der Waals surface area contributed by atoms with Crippen molar-refractivity contribution in [3.8, 4) is 0 Å². The van der Waals surface area contributed by atoms with Gasteiger partial charge in [0, 0.05) is 13.0 Å². The molecule has 0 amide bonds. The number of rotatable bonds is 4. The molecule has 2 rings (SSSR count). The fraction of sp³-hybridized carbons (Fsp3) is 0.600. The summed E-state index contributed by atoms with van der Waals surface area (Å²) in [4.78, 5) is 14.4. The van der Waals surface area contributed by atoms with Crippen LogP contribution in [-0.4, -0.2) is 24.0 Å². The van der Waals surface area contributed by atoms with Gasteiger partial charge in [-0.05, 0) is 12.8 Å². The van der Waals surface area contributed by atoms with Gasteiger partial charge in [-0.3, -0.25) is 0 Å². The Balaban J connectivity index is 1.91. The Morgan fingerprint density at radius 1 is 1.64 bits per heavy atom. The molecule has 0 N–H and O–H groups in total. The van der Waals surface area contributed by atoms with Crippen LogP contribution in [0, 0.1) is 0 Å². The van der Waals surface area contributed by atoms with Crippen LogP contribution >= 0.6 is 0 Å². The van der Waals surface area contributed by atoms with Gasteiger partial charge in [0.2, 0.25) is 0 Å². The van der Waals surface area contributed by atoms with Crippen molar-refractivity contribution in [3.05, 3.63) is 17.8 Å². The van der Waals surface area contributed by atoms with Gasteiger partial charge in [-0.25, -0.2) is 4.98 Å². The van der Waals surface area contributed by atoms with E-state index >= 15 is 0 Å². The molecule has 0 saturated carbocycles. The molecule has 0 aromatic carbocycles. The number of carbonyl (C=O) groups excluding carboxylic acids is 1. The molecule has 0 radical (unpaired) electrons. The summed E-state index contributed by atoms with van der Waals surface area (Å²) in [6, 6.07) is 0. The van der Waals surface area contributed by atoms with Crippen LogP contribution in [0.1, 0.15) is 24.4 Å². The molecule has 4 nitrogen and oxygen atoms in total. The van der Waals surface area contributed by atoms with Gasteiger partial charge in [-0.15, -0.1) is 0 Å². The lowest BCUT2D eigenvalue weighted by Gasteiger charge is -2.04. The van der Waals surface area contributed by atoms with Crippen molar-refractivity contribution in [3.63, 3.8) is 0 Å². The van der Waals surface area contributed by atoms with E-state index in [1.807, 2.05) is 0 Å². The molecular formula is C10H13NO3. The van der Waals surface area contributed by atoms with Gasteiger partial charge < -0.3 is 13.9 Å². The maximum absolute atomic E-state index is 10.2. The number of nitrogens with zero attached hydrogens (tertiary/aromatic N) is 1. The number of carbonyl (C=O) groups is 1. The summed E-state index contributed by atoms with van der Waals surface area (Å²) in [5.74, 6) is 0.675. The van der Waals surface area contributed by atoms with E-state index in [4.69, 9.17) is 9.15 Å². The first kappa shape index (κ1) is 9.40. The molecule has 1 saturated heterocycles. The molecule has 1 aliphatic heterocycles. The van der Waals surface area contributed by atoms with E-state index in [1.54, 1.807) is 6.26 Å². The monoisotopic (exact) mass is 195 g/mol. The lowest BCUT2D eigenvalue weighted by molar-refractivity contribution is -0.107. The lowest BCUT2D eigenvalue weighted by atomic mass is 10.2. The van der Waals surface area contributed by atoms with Crippen LogP contribution in [0.25, 0.3) is 0 Å². The largest absolute Gasteiger partial charge is 0.449 e. The Labute approximate surface area is 82.3 Å². The van der Waals surface area contributed by atoms with E-state index < -0.39 is 0 Å². The van der Waals surface area contributed by atoms with Crippen molar-refractivity contribution in [2.45, 2.75) is 31.8 Å². The van der Waals surface area contributed by atoms with Crippen LogP contribution in [0.5, 0.6) is 0 Å². The normalized spacial score (nSPS) is 21.3. The first-order valence-corrected chi connectivity index (χ1v) is 4.87. The Morgan fingerprint density at radius 2 is 2.57 bits per heavy atom. The van der Waals surface area contributed by atoms with E-state index in [0.29, 0.717) is 18.0 Å². The fourth-order valence-electron chi connectivity index (χ4n) is 1.62. The van der Waals surface area contributed by atoms with Crippen molar-refractivity contribution >= 4 is 6.29 Å². The third-order valence-corrected chi connectivity index (χ3v) is 2.32. The molecule has 1 aromatic rings. The highest BCUT2D eigenvalue weighted by molar-refractivity contribution is 5.53. The Bertz CT molecular complexity index is 302. The molecule has 1 atom stereocenters. The van der Waals surface area contributed by atoms with Crippen LogP contribution < -0.4 is 0 Å². The Hall–Kier alpha value is -1.16. The smallest absolute Gasteiger partial charge is 0.196 e. The zero-order chi connectivity index (χ0) is 9.80. The van der Waals surface area contributed by atoms with Crippen molar-refractivity contribution in [1.82, 2.24) is 4.98 Å². The molecule has 1 aromatic heterocycles. The second-order valence-corrected chi connectivity index (χ2v) is 3.44. The maximum Gasteiger partial charge on any atom is 0.196 e. The molecule has 76 valence electrons. The number of hydrogen-bond donors (Lipinski definition) is 0. The van der Waals surface area contributed by atoms with E-state index in [1.165, 1.54) is 0 Å². The molecule has 0 aliphatic carbocycles. The fourth-order valence-corrected chi connectivity index (χ4v) is 1.62. The molecule has 4 heteroatoms. The quantitative estimate of drug-likeness (QED) is 0.676. The van der Waals surface area contributed by atoms with Gasteiger partial charge in [0.1, 0.15) is 12.5 Å². The molecular weight excluding hydrogens is 182 g/mol. The topological polar surface area (TPSA) is 52.3 Å². The van der Waals surface area contributed by atoms with Gasteiger partial charge in [-0.1, -0.05) is 0 Å². The molecule has 1 fully saturated rings. The summed E-state index contributed by atoms with van der Waals surface area (Å²) in [7, 11) is 0. The van der Waals surface area contributed by atoms with Crippen molar-refractivity contribution in [2.24, 2.45) is 0 Å². The maximum atomic E-state index is 10.2. The van der Waals surface area contributed by atoms with E-state index in [0.717, 1.165) is 32.2 Å². The van der Waals surface area contributed by atoms with Crippen LogP contribution in [-0.2, 0) is 22.4 Å². The highest BCUT2D eigenvalue weighted by Gasteiger charge is 2.18. The molecule has 0 bridgehead atoms. The number of hydrogen-bond acceptors (Lipinski definition) is 4. The van der Waals surface area contributed by atoms with Crippen LogP contribution in [0.3, 0.4) is 0 Å². The average molecular weight is 195 g/mol. The highest BCUT2D eigenvalue weighted by atomic mass is 16.5. The first-order chi connectivity index (χ1) is 6.88. The van der Waals surface area contributed by atoms with Crippen LogP contribution in [0.4, 0.5) is 0 Å². The molecule has 14 heavy (non-hydrogen) atoms. The predicted octanol–water partition coefficient (Wildman–Crippen LogP) is 1.14. The summed E-state index contributed by atoms with van der Waals surface area (Å²) in [5.41, 5.74) is 0.702. The van der Waals surface area contributed by atoms with Gasteiger partial charge in [0.15, 0.2) is 5.89 Å². The number of aldehydes is 1. The summed E-state index contributed by atoms with van der Waals surface area (Å²) in [6.07, 6.45) is 5.86. The SMILES string of the molecule is O=CCc1coc(CC2CCCO2)n1. The second-order valence-electron chi connectivity index (χ2n) is 3.44. The summed E-state index contributed by atoms with van der Waals surface area (Å²) in [6.45, 7) is 0.840. The third kappa shape index (κ3) is 2.20. The zero-order valence-corrected chi connectivity index (χ0v) is 7.94. The summed E-state index contributed by atoms with van der Waals surface area (Å²) < 4.78 is 10.7. The minimum Gasteiger partial charge on any atom is -0.449 e. The average Bonchev–Trinajstić information content (AvgIpc) is 2.79. The van der Waals surface area contributed by atoms with E-state index in [2.05, 4.69) is 4.98 Å². The lowest BCUT2D eigenvalue weighted by Crippen LogP contribution is -2.09. The predicted molar refractivity (Wildman–Crippen MR) is 48.9 cm³/mol. The minimum absolute atomic E-state index is 0.248. The molecule has 0 spiro atoms. The van der Waals surface area contributed by atoms with E-state index in [9.17, 15) is 4.79 Å². The van der Waals surface area contributed by atoms with Gasteiger partial charge in [-0.2, -0.15) is 0 Å². The second kappa shape index (κ2) is 4.37. The first-order valence-electron chi connectivity index (χ1n) is 4.87. The molecule has 1 aliphatic rings. The summed E-state index contributed by atoms with van der Waals surface area (Å²) in [5, 5.41) is 0. The number of aromatic nitrogens is 1. The van der Waals surface area contributed by atoms with Gasteiger partial charge >= 0.3 is 0 Å². The number of ether oxygens (including phenoxy) is 1. The van der Waals surface area contributed by atoms with E-state index in [-0.39, 0.29) is 6.10 Å². The van der Waals surface area contributed by atoms with Crippen molar-refractivity contribution in [2.75, 3.05) is 6.61 Å². The number of oxazole rings is 1. The van der Waals surface area contributed by atoms with Crippen LogP contribution in [0.2, 0.25) is 0 Å². The van der Waals surface area contributed by atoms with Gasteiger partial charge in [0.05, 0.1) is 18.2 Å². The third-order valence-electron chi connectivity index (χ3n) is 2.32. The highest BCUT2D eigenvalue weighted by Crippen LogP contribution is 2.16. The Morgan fingerprint density at radius 3 is 3.29 bits per heavy atom. The molecule has 1 unspecified atom stereocenters. The zero-order valence-electron chi connectivity index (χ0n) is 7.94. The standard InChI is InChI=1S/C10H13NO3/c12-4-3-8-7-14-10(11-8)6-9-2-1-5-13-9/h4,7,9H,1-3,5-6H2. The Kier molecular flexibility index (Phi) is 2.93.